The number of carboxylic acid groups (broad SMARTS) is 1. The van der Waals surface area contributed by atoms with Gasteiger partial charge in [0.15, 0.2) is 5.54 Å². The van der Waals surface area contributed by atoms with Crippen LogP contribution in [-0.4, -0.2) is 30.2 Å². The molecule has 0 saturated heterocycles. The Labute approximate surface area is 112 Å². The number of hydrogen-bond acceptors (Lipinski definition) is 3. The first-order valence-electron chi connectivity index (χ1n) is 6.18. The zero-order valence-corrected chi connectivity index (χ0v) is 11.2. The molecule has 1 unspecified atom stereocenters. The second-order valence-corrected chi connectivity index (χ2v) is 4.40. The van der Waals surface area contributed by atoms with Crippen LogP contribution in [0.1, 0.15) is 25.8 Å². The number of aliphatic carboxylic acids is 1. The highest BCUT2D eigenvalue weighted by Gasteiger charge is 2.36. The van der Waals surface area contributed by atoms with E-state index in [4.69, 9.17) is 4.74 Å². The number of carbonyl (C=O) groups excluding carboxylic acids is 1. The van der Waals surface area contributed by atoms with Crippen LogP contribution in [0.5, 0.6) is 0 Å². The van der Waals surface area contributed by atoms with Crippen LogP contribution in [0, 0.1) is 0 Å². The molecule has 0 aromatic heterocycles. The minimum absolute atomic E-state index is 0.135. The summed E-state index contributed by atoms with van der Waals surface area (Å²) in [6, 6.07) is 8.59. The Kier molecular flexibility index (Phi) is 5.51. The summed E-state index contributed by atoms with van der Waals surface area (Å²) in [4.78, 5) is 23.1. The molecule has 0 saturated carbocycles. The fourth-order valence-corrected chi connectivity index (χ4v) is 1.64. The Bertz CT molecular complexity index is 432. The SMILES string of the molecule is CCCOCC(=O)NC(C)(C(=O)O)c1ccccc1. The maximum atomic E-state index is 11.7. The molecule has 0 aliphatic carbocycles. The van der Waals surface area contributed by atoms with Crippen LogP contribution in [0.2, 0.25) is 0 Å². The van der Waals surface area contributed by atoms with Gasteiger partial charge in [-0.25, -0.2) is 4.79 Å². The highest BCUT2D eigenvalue weighted by molar-refractivity contribution is 5.88. The largest absolute Gasteiger partial charge is 0.479 e. The molecule has 0 fully saturated rings. The summed E-state index contributed by atoms with van der Waals surface area (Å²) >= 11 is 0. The van der Waals surface area contributed by atoms with Gasteiger partial charge in [0.05, 0.1) is 0 Å². The summed E-state index contributed by atoms with van der Waals surface area (Å²) in [6.45, 7) is 3.73. The summed E-state index contributed by atoms with van der Waals surface area (Å²) < 4.78 is 5.10. The number of nitrogens with one attached hydrogen (secondary N) is 1. The van der Waals surface area contributed by atoms with E-state index >= 15 is 0 Å². The second kappa shape index (κ2) is 6.89. The predicted octanol–water partition coefficient (Wildman–Crippen LogP) is 1.53. The van der Waals surface area contributed by atoms with Crippen LogP contribution >= 0.6 is 0 Å². The predicted molar refractivity (Wildman–Crippen MR) is 70.7 cm³/mol. The third-order valence-electron chi connectivity index (χ3n) is 2.75. The molecule has 0 spiro atoms. The number of benzene rings is 1. The smallest absolute Gasteiger partial charge is 0.333 e. The fraction of sp³-hybridized carbons (Fsp3) is 0.429. The van der Waals surface area contributed by atoms with Gasteiger partial charge >= 0.3 is 5.97 Å². The number of ether oxygens (including phenoxy) is 1. The number of rotatable bonds is 7. The van der Waals surface area contributed by atoms with Crippen molar-refractivity contribution in [2.45, 2.75) is 25.8 Å². The summed E-state index contributed by atoms with van der Waals surface area (Å²) in [5.74, 6) is -1.55. The number of amides is 1. The van der Waals surface area contributed by atoms with Crippen molar-refractivity contribution in [2.24, 2.45) is 0 Å². The summed E-state index contributed by atoms with van der Waals surface area (Å²) in [5.41, 5.74) is -0.931. The molecule has 1 amide bonds. The third-order valence-corrected chi connectivity index (χ3v) is 2.75. The maximum absolute atomic E-state index is 11.7. The van der Waals surface area contributed by atoms with Gasteiger partial charge in [-0.3, -0.25) is 4.79 Å². The Morgan fingerprint density at radius 1 is 1.32 bits per heavy atom. The van der Waals surface area contributed by atoms with Gasteiger partial charge in [0.25, 0.3) is 0 Å². The van der Waals surface area contributed by atoms with E-state index in [0.717, 1.165) is 6.42 Å². The first-order chi connectivity index (χ1) is 9.00. The van der Waals surface area contributed by atoms with E-state index in [9.17, 15) is 14.7 Å². The topological polar surface area (TPSA) is 75.6 Å². The van der Waals surface area contributed by atoms with Crippen molar-refractivity contribution in [3.63, 3.8) is 0 Å². The molecule has 19 heavy (non-hydrogen) atoms. The Morgan fingerprint density at radius 2 is 1.95 bits per heavy atom. The van der Waals surface area contributed by atoms with Crippen molar-refractivity contribution >= 4 is 11.9 Å². The quantitative estimate of drug-likeness (QED) is 0.733. The summed E-state index contributed by atoms with van der Waals surface area (Å²) in [5, 5.41) is 11.9. The minimum atomic E-state index is -1.45. The van der Waals surface area contributed by atoms with E-state index in [1.807, 2.05) is 6.92 Å². The summed E-state index contributed by atoms with van der Waals surface area (Å²) in [6.07, 6.45) is 0.808. The van der Waals surface area contributed by atoms with Crippen LogP contribution in [0.15, 0.2) is 30.3 Å². The molecule has 1 rings (SSSR count). The van der Waals surface area contributed by atoms with Gasteiger partial charge in [-0.2, -0.15) is 0 Å². The van der Waals surface area contributed by atoms with Crippen molar-refractivity contribution in [3.05, 3.63) is 35.9 Å². The molecule has 1 aromatic rings. The van der Waals surface area contributed by atoms with Crippen LogP contribution in [0.4, 0.5) is 0 Å². The van der Waals surface area contributed by atoms with Gasteiger partial charge < -0.3 is 15.2 Å². The van der Waals surface area contributed by atoms with Gasteiger partial charge in [-0.05, 0) is 18.9 Å². The number of carboxylic acids is 1. The fourth-order valence-electron chi connectivity index (χ4n) is 1.64. The lowest BCUT2D eigenvalue weighted by Crippen LogP contribution is -2.50. The van der Waals surface area contributed by atoms with Crippen molar-refractivity contribution in [1.82, 2.24) is 5.32 Å². The van der Waals surface area contributed by atoms with Gasteiger partial charge in [-0.15, -0.1) is 0 Å². The molecule has 0 heterocycles. The first kappa shape index (κ1) is 15.2. The number of carbonyl (C=O) groups is 2. The monoisotopic (exact) mass is 265 g/mol. The first-order valence-corrected chi connectivity index (χ1v) is 6.18. The van der Waals surface area contributed by atoms with Crippen LogP contribution in [-0.2, 0) is 19.9 Å². The molecule has 104 valence electrons. The Balaban J connectivity index is 2.78. The van der Waals surface area contributed by atoms with E-state index in [1.165, 1.54) is 6.92 Å². The van der Waals surface area contributed by atoms with Crippen molar-refractivity contribution in [2.75, 3.05) is 13.2 Å². The zero-order valence-electron chi connectivity index (χ0n) is 11.2. The van der Waals surface area contributed by atoms with Crippen molar-refractivity contribution in [3.8, 4) is 0 Å². The lowest BCUT2D eigenvalue weighted by molar-refractivity contribution is -0.148. The molecular weight excluding hydrogens is 246 g/mol. The molecule has 5 heteroatoms. The molecule has 0 radical (unpaired) electrons. The molecule has 1 aromatic carbocycles. The van der Waals surface area contributed by atoms with Crippen molar-refractivity contribution < 1.29 is 19.4 Å². The highest BCUT2D eigenvalue weighted by atomic mass is 16.5. The Morgan fingerprint density at radius 3 is 2.47 bits per heavy atom. The Hall–Kier alpha value is -1.88. The third kappa shape index (κ3) is 4.06. The molecule has 0 bridgehead atoms. The molecule has 0 aliphatic heterocycles. The summed E-state index contributed by atoms with van der Waals surface area (Å²) in [7, 11) is 0. The average molecular weight is 265 g/mol. The van der Waals surface area contributed by atoms with E-state index in [-0.39, 0.29) is 6.61 Å². The zero-order chi connectivity index (χ0) is 14.3. The molecule has 0 aliphatic rings. The molecular formula is C14H19NO4. The lowest BCUT2D eigenvalue weighted by Gasteiger charge is -2.26. The van der Waals surface area contributed by atoms with Crippen molar-refractivity contribution in [1.29, 1.82) is 0 Å². The van der Waals surface area contributed by atoms with E-state index in [0.29, 0.717) is 12.2 Å². The van der Waals surface area contributed by atoms with Crippen LogP contribution < -0.4 is 5.32 Å². The van der Waals surface area contributed by atoms with Crippen LogP contribution in [0.25, 0.3) is 0 Å². The van der Waals surface area contributed by atoms with E-state index in [2.05, 4.69) is 5.32 Å². The molecule has 5 nitrogen and oxygen atoms in total. The maximum Gasteiger partial charge on any atom is 0.333 e. The lowest BCUT2D eigenvalue weighted by atomic mass is 9.92. The van der Waals surface area contributed by atoms with Gasteiger partial charge in [0, 0.05) is 6.61 Å². The molecule has 1 atom stereocenters. The van der Waals surface area contributed by atoms with E-state index < -0.39 is 17.4 Å². The van der Waals surface area contributed by atoms with E-state index in [1.54, 1.807) is 30.3 Å². The van der Waals surface area contributed by atoms with Gasteiger partial charge in [0.2, 0.25) is 5.91 Å². The number of hydrogen-bond donors (Lipinski definition) is 2. The minimum Gasteiger partial charge on any atom is -0.479 e. The normalized spacial score (nSPS) is 13.6. The highest BCUT2D eigenvalue weighted by Crippen LogP contribution is 2.20. The average Bonchev–Trinajstić information content (AvgIpc) is 2.39. The standard InChI is InChI=1S/C14H19NO4/c1-3-9-19-10-12(16)15-14(2,13(17)18)11-7-5-4-6-8-11/h4-8H,3,9-10H2,1-2H3,(H,15,16)(H,17,18). The van der Waals surface area contributed by atoms with Gasteiger partial charge in [-0.1, -0.05) is 37.3 Å². The van der Waals surface area contributed by atoms with Crippen LogP contribution in [0.3, 0.4) is 0 Å². The van der Waals surface area contributed by atoms with Gasteiger partial charge in [0.1, 0.15) is 6.61 Å². The molecule has 2 N–H and O–H groups in total. The second-order valence-electron chi connectivity index (χ2n) is 4.40.